The molecule has 0 spiro atoms. The molecular formula is C21H27NO4S. The van der Waals surface area contributed by atoms with Gasteiger partial charge in [0.05, 0.1) is 18.7 Å². The van der Waals surface area contributed by atoms with Crippen LogP contribution < -0.4 is 9.46 Å². The summed E-state index contributed by atoms with van der Waals surface area (Å²) in [5, 5.41) is 0. The van der Waals surface area contributed by atoms with Crippen LogP contribution in [0, 0.1) is 0 Å². The van der Waals surface area contributed by atoms with Gasteiger partial charge in [-0.3, -0.25) is 0 Å². The van der Waals surface area contributed by atoms with Gasteiger partial charge in [0.25, 0.3) is 0 Å². The monoisotopic (exact) mass is 389 g/mol. The van der Waals surface area contributed by atoms with Crippen molar-refractivity contribution in [1.29, 1.82) is 0 Å². The first-order valence-corrected chi connectivity index (χ1v) is 9.97. The summed E-state index contributed by atoms with van der Waals surface area (Å²) < 4.78 is 25.7. The second-order valence-electron chi connectivity index (χ2n) is 7.37. The zero-order valence-electron chi connectivity index (χ0n) is 16.4. The van der Waals surface area contributed by atoms with Crippen molar-refractivity contribution in [1.82, 2.24) is 4.72 Å². The Hall–Kier alpha value is -2.02. The molecule has 6 heteroatoms. The number of hydrogen-bond donors (Lipinski definition) is 1. The summed E-state index contributed by atoms with van der Waals surface area (Å²) in [7, 11) is 1.35. The summed E-state index contributed by atoms with van der Waals surface area (Å²) in [6, 6.07) is 14.7. The minimum Gasteiger partial charge on any atom is -0.598 e. The third kappa shape index (κ3) is 6.57. The highest BCUT2D eigenvalue weighted by Crippen LogP contribution is 2.24. The third-order valence-electron chi connectivity index (χ3n) is 3.80. The number of ether oxygens (including phenoxy) is 2. The molecule has 0 aliphatic carbocycles. The Labute approximate surface area is 164 Å². The van der Waals surface area contributed by atoms with E-state index in [-0.39, 0.29) is 10.8 Å². The van der Waals surface area contributed by atoms with Gasteiger partial charge in [-0.05, 0) is 70.0 Å². The molecule has 2 rings (SSSR count). The highest BCUT2D eigenvalue weighted by molar-refractivity contribution is 7.90. The van der Waals surface area contributed by atoms with Crippen molar-refractivity contribution in [3.8, 4) is 11.5 Å². The van der Waals surface area contributed by atoms with Gasteiger partial charge in [-0.25, -0.2) is 4.79 Å². The summed E-state index contributed by atoms with van der Waals surface area (Å²) in [6.45, 7) is 7.84. The van der Waals surface area contributed by atoms with Crippen LogP contribution in [0.5, 0.6) is 11.5 Å². The minimum absolute atomic E-state index is 0.0583. The maximum absolute atomic E-state index is 12.2. The number of carbonyl (C=O) groups is 1. The van der Waals surface area contributed by atoms with Crippen molar-refractivity contribution in [2.24, 2.45) is 0 Å². The van der Waals surface area contributed by atoms with Crippen molar-refractivity contribution >= 4 is 17.3 Å². The number of esters is 1. The van der Waals surface area contributed by atoms with E-state index < -0.39 is 17.3 Å². The number of nitrogens with one attached hydrogen (secondary N) is 1. The lowest BCUT2D eigenvalue weighted by Gasteiger charge is -2.26. The molecule has 0 amide bonds. The zero-order valence-corrected chi connectivity index (χ0v) is 17.3. The van der Waals surface area contributed by atoms with Crippen molar-refractivity contribution < 1.29 is 18.8 Å². The Morgan fingerprint density at radius 1 is 1.15 bits per heavy atom. The van der Waals surface area contributed by atoms with Crippen LogP contribution in [0.15, 0.2) is 48.5 Å². The Bertz CT molecular complexity index is 773. The van der Waals surface area contributed by atoms with Crippen LogP contribution in [0.3, 0.4) is 0 Å². The molecule has 2 atom stereocenters. The van der Waals surface area contributed by atoms with Gasteiger partial charge < -0.3 is 14.0 Å². The topological polar surface area (TPSA) is 70.6 Å². The second-order valence-corrected chi connectivity index (χ2v) is 9.37. The largest absolute Gasteiger partial charge is 0.598 e. The molecule has 2 aromatic carbocycles. The number of benzene rings is 2. The van der Waals surface area contributed by atoms with Crippen molar-refractivity contribution in [3.63, 3.8) is 0 Å². The molecule has 1 N–H and O–H groups in total. The molecule has 0 saturated carbocycles. The molecule has 0 heterocycles. The second kappa shape index (κ2) is 9.26. The van der Waals surface area contributed by atoms with E-state index in [9.17, 15) is 9.35 Å². The molecule has 146 valence electrons. The van der Waals surface area contributed by atoms with Crippen molar-refractivity contribution in [3.05, 3.63) is 59.7 Å². The SMILES string of the molecule is COC(=O)c1cccc(Oc2cccc(CC(C)N[S+]([O-])C(C)(C)C)c2)c1. The molecule has 27 heavy (non-hydrogen) atoms. The van der Waals surface area contributed by atoms with E-state index in [0.29, 0.717) is 17.1 Å². The lowest BCUT2D eigenvalue weighted by molar-refractivity contribution is 0.0600. The number of methoxy groups -OCH3 is 1. The average Bonchev–Trinajstić information content (AvgIpc) is 2.60. The quantitative estimate of drug-likeness (QED) is 0.566. The van der Waals surface area contributed by atoms with Crippen LogP contribution in [0.1, 0.15) is 43.6 Å². The predicted molar refractivity (Wildman–Crippen MR) is 108 cm³/mol. The maximum atomic E-state index is 12.2. The molecule has 0 bridgehead atoms. The lowest BCUT2D eigenvalue weighted by Crippen LogP contribution is -2.44. The lowest BCUT2D eigenvalue weighted by atomic mass is 10.1. The third-order valence-corrected chi connectivity index (χ3v) is 5.52. The van der Waals surface area contributed by atoms with Crippen LogP contribution in [0.2, 0.25) is 0 Å². The van der Waals surface area contributed by atoms with E-state index in [0.717, 1.165) is 12.0 Å². The van der Waals surface area contributed by atoms with Gasteiger partial charge in [0, 0.05) is 11.4 Å². The van der Waals surface area contributed by atoms with Gasteiger partial charge in [0.15, 0.2) is 0 Å². The smallest absolute Gasteiger partial charge is 0.337 e. The molecule has 2 aromatic rings. The van der Waals surface area contributed by atoms with Crippen LogP contribution in [-0.4, -0.2) is 28.4 Å². The van der Waals surface area contributed by atoms with E-state index in [1.54, 1.807) is 24.3 Å². The highest BCUT2D eigenvalue weighted by Gasteiger charge is 2.27. The molecule has 5 nitrogen and oxygen atoms in total. The van der Waals surface area contributed by atoms with Gasteiger partial charge in [0.2, 0.25) is 0 Å². The first kappa shape index (κ1) is 21.3. The first-order chi connectivity index (χ1) is 12.7. The van der Waals surface area contributed by atoms with Gasteiger partial charge in [-0.1, -0.05) is 18.2 Å². The molecule has 0 aliphatic heterocycles. The fraction of sp³-hybridized carbons (Fsp3) is 0.381. The van der Waals surface area contributed by atoms with Crippen molar-refractivity contribution in [2.75, 3.05) is 7.11 Å². The molecule has 0 saturated heterocycles. The van der Waals surface area contributed by atoms with Gasteiger partial charge >= 0.3 is 5.97 Å². The maximum Gasteiger partial charge on any atom is 0.337 e. The molecule has 0 fully saturated rings. The molecule has 0 aliphatic rings. The summed E-state index contributed by atoms with van der Waals surface area (Å²) in [5.41, 5.74) is 1.51. The fourth-order valence-electron chi connectivity index (χ4n) is 2.43. The van der Waals surface area contributed by atoms with Crippen LogP contribution in [-0.2, 0) is 22.5 Å². The predicted octanol–water partition coefficient (Wildman–Crippen LogP) is 4.25. The number of carbonyl (C=O) groups excluding carboxylic acids is 1. The number of rotatable bonds is 7. The van der Waals surface area contributed by atoms with Crippen LogP contribution in [0.4, 0.5) is 0 Å². The Morgan fingerprint density at radius 2 is 1.78 bits per heavy atom. The molecule has 2 unspecified atom stereocenters. The summed E-state index contributed by atoms with van der Waals surface area (Å²) in [6.07, 6.45) is 0.723. The number of hydrogen-bond acceptors (Lipinski definition) is 5. The summed E-state index contributed by atoms with van der Waals surface area (Å²) >= 11 is -1.11. The average molecular weight is 390 g/mol. The van der Waals surface area contributed by atoms with Crippen molar-refractivity contribution in [2.45, 2.75) is 44.9 Å². The van der Waals surface area contributed by atoms with Gasteiger partial charge in [-0.2, -0.15) is 0 Å². The fourth-order valence-corrected chi connectivity index (χ4v) is 3.23. The standard InChI is InChI=1S/C21H27NO4S/c1-15(22-27(24)21(2,3)4)12-16-8-6-10-18(13-16)26-19-11-7-9-17(14-19)20(23)25-5/h6-11,13-15,22H,12H2,1-5H3. The molecule has 0 aromatic heterocycles. The molecular weight excluding hydrogens is 362 g/mol. The van der Waals surface area contributed by atoms with E-state index in [1.807, 2.05) is 52.0 Å². The molecule has 0 radical (unpaired) electrons. The van der Waals surface area contributed by atoms with E-state index in [2.05, 4.69) is 4.72 Å². The van der Waals surface area contributed by atoms with Crippen LogP contribution in [0.25, 0.3) is 0 Å². The van der Waals surface area contributed by atoms with Gasteiger partial charge in [-0.15, -0.1) is 4.72 Å². The van der Waals surface area contributed by atoms with E-state index in [4.69, 9.17) is 9.47 Å². The zero-order chi connectivity index (χ0) is 20.0. The Kier molecular flexibility index (Phi) is 7.30. The highest BCUT2D eigenvalue weighted by atomic mass is 32.2. The van der Waals surface area contributed by atoms with Gasteiger partial charge in [0.1, 0.15) is 16.2 Å². The van der Waals surface area contributed by atoms with Crippen LogP contribution >= 0.6 is 0 Å². The Balaban J connectivity index is 2.04. The van der Waals surface area contributed by atoms with E-state index >= 15 is 0 Å². The Morgan fingerprint density at radius 3 is 2.41 bits per heavy atom. The van der Waals surface area contributed by atoms with E-state index in [1.165, 1.54) is 7.11 Å². The minimum atomic E-state index is -1.11. The summed E-state index contributed by atoms with van der Waals surface area (Å²) in [5.74, 6) is 0.842. The first-order valence-electron chi connectivity index (χ1n) is 8.82. The normalized spacial score (nSPS) is 13.7. The summed E-state index contributed by atoms with van der Waals surface area (Å²) in [4.78, 5) is 11.6.